The topological polar surface area (TPSA) is 162 Å². The van der Waals surface area contributed by atoms with Crippen molar-refractivity contribution in [2.75, 3.05) is 32.8 Å². The van der Waals surface area contributed by atoms with Gasteiger partial charge in [-0.25, -0.2) is 0 Å². The molecule has 0 aromatic heterocycles. The number of esters is 2. The summed E-state index contributed by atoms with van der Waals surface area (Å²) < 4.78 is 10.9. The molecule has 0 aromatic carbocycles. The molecular formula is C45H85Cl2N3O7. The number of carbonyl (C=O) groups is 4. The molecular weight excluding hydrogens is 765 g/mol. The van der Waals surface area contributed by atoms with Crippen molar-refractivity contribution >= 4 is 48.6 Å². The number of rotatable bonds is 41. The fourth-order valence-corrected chi connectivity index (χ4v) is 6.42. The van der Waals surface area contributed by atoms with Crippen molar-refractivity contribution in [1.29, 1.82) is 0 Å². The number of amides is 1. The number of aliphatic carboxylic acids is 1. The molecule has 0 radical (unpaired) electrons. The van der Waals surface area contributed by atoms with Crippen molar-refractivity contribution in [1.82, 2.24) is 4.90 Å². The minimum atomic E-state index is -0.706. The first-order valence-electron chi connectivity index (χ1n) is 22.4. The molecule has 0 spiro atoms. The first kappa shape index (κ1) is 59.2. The van der Waals surface area contributed by atoms with Crippen LogP contribution in [0, 0.1) is 0 Å². The Morgan fingerprint density at radius 2 is 0.895 bits per heavy atom. The normalized spacial score (nSPS) is 11.6. The van der Waals surface area contributed by atoms with Gasteiger partial charge in [0.15, 0.2) is 0 Å². The number of allylic oxidation sites excluding steroid dienone is 4. The Bertz CT molecular complexity index is 1000. The van der Waals surface area contributed by atoms with Crippen LogP contribution in [0.25, 0.3) is 0 Å². The van der Waals surface area contributed by atoms with Gasteiger partial charge in [0.25, 0.3) is 0 Å². The molecule has 0 fully saturated rings. The number of carboxylic acids is 1. The van der Waals surface area contributed by atoms with E-state index in [0.717, 1.165) is 103 Å². The lowest BCUT2D eigenvalue weighted by atomic mass is 10.1. The fourth-order valence-electron chi connectivity index (χ4n) is 6.42. The molecule has 10 nitrogen and oxygen atoms in total. The van der Waals surface area contributed by atoms with Crippen LogP contribution < -0.4 is 11.5 Å². The summed E-state index contributed by atoms with van der Waals surface area (Å²) in [5.41, 5.74) is 11.7. The Balaban J connectivity index is -0.0000146. The second-order valence-electron chi connectivity index (χ2n) is 15.1. The second-order valence-corrected chi connectivity index (χ2v) is 15.1. The average molecular weight is 851 g/mol. The van der Waals surface area contributed by atoms with Crippen LogP contribution >= 0.6 is 24.8 Å². The van der Waals surface area contributed by atoms with E-state index in [9.17, 15) is 19.2 Å². The number of nitrogens with two attached hydrogens (primary N) is 2. The Labute approximate surface area is 360 Å². The van der Waals surface area contributed by atoms with E-state index in [1.807, 2.05) is 0 Å². The molecule has 0 rings (SSSR count). The molecule has 0 saturated carbocycles. The number of ether oxygens (including phenoxy) is 2. The summed E-state index contributed by atoms with van der Waals surface area (Å²) in [5, 5.41) is 8.66. The molecule has 12 heteroatoms. The van der Waals surface area contributed by atoms with Gasteiger partial charge in [0.2, 0.25) is 5.91 Å². The molecule has 0 aliphatic heterocycles. The smallest absolute Gasteiger partial charge is 0.305 e. The van der Waals surface area contributed by atoms with Crippen LogP contribution in [0.4, 0.5) is 0 Å². The van der Waals surface area contributed by atoms with Crippen molar-refractivity contribution in [3.05, 3.63) is 24.3 Å². The maximum atomic E-state index is 13.0. The molecule has 0 aliphatic rings. The van der Waals surface area contributed by atoms with Crippen molar-refractivity contribution < 1.29 is 33.8 Å². The molecule has 0 heterocycles. The lowest BCUT2D eigenvalue weighted by molar-refractivity contribution is -0.148. The highest BCUT2D eigenvalue weighted by Crippen LogP contribution is 2.12. The van der Waals surface area contributed by atoms with Crippen LogP contribution in [0.5, 0.6) is 0 Å². The van der Waals surface area contributed by atoms with Crippen LogP contribution in [0.2, 0.25) is 0 Å². The summed E-state index contributed by atoms with van der Waals surface area (Å²) in [5.74, 6) is -1.48. The lowest BCUT2D eigenvalue weighted by Crippen LogP contribution is -2.46. The van der Waals surface area contributed by atoms with Crippen LogP contribution in [0.15, 0.2) is 24.3 Å². The van der Waals surface area contributed by atoms with Gasteiger partial charge in [-0.1, -0.05) is 121 Å². The van der Waals surface area contributed by atoms with E-state index in [4.69, 9.17) is 26.0 Å². The van der Waals surface area contributed by atoms with Gasteiger partial charge in [0, 0.05) is 19.3 Å². The SMILES string of the molecule is CCCCCCCC/C=C\CCCCCCCC(=O)OCCN(CCOC(=O)CCCCCCC/C=C\CCCCCCCC(=O)O)C(=O)[C@@H](N)CCCN.Cl.Cl. The van der Waals surface area contributed by atoms with Crippen LogP contribution in [0.3, 0.4) is 0 Å². The monoisotopic (exact) mass is 850 g/mol. The number of carbonyl (C=O) groups excluding carboxylic acids is 3. The Morgan fingerprint density at radius 3 is 1.26 bits per heavy atom. The van der Waals surface area contributed by atoms with E-state index in [2.05, 4.69) is 31.2 Å². The van der Waals surface area contributed by atoms with E-state index in [-0.39, 0.29) is 75.4 Å². The van der Waals surface area contributed by atoms with Gasteiger partial charge in [-0.15, -0.1) is 24.8 Å². The van der Waals surface area contributed by atoms with Gasteiger partial charge >= 0.3 is 17.9 Å². The largest absolute Gasteiger partial charge is 0.481 e. The number of carboxylic acid groups (broad SMARTS) is 1. The third-order valence-electron chi connectivity index (χ3n) is 9.92. The molecule has 0 unspecified atom stereocenters. The first-order chi connectivity index (χ1) is 26.8. The highest BCUT2D eigenvalue weighted by atomic mass is 35.5. The van der Waals surface area contributed by atoms with Gasteiger partial charge in [-0.2, -0.15) is 0 Å². The van der Waals surface area contributed by atoms with Crippen LogP contribution in [0.1, 0.15) is 200 Å². The third kappa shape index (κ3) is 43.3. The molecule has 0 bridgehead atoms. The summed E-state index contributed by atoms with van der Waals surface area (Å²) in [7, 11) is 0. The summed E-state index contributed by atoms with van der Waals surface area (Å²) in [6.45, 7) is 3.27. The summed E-state index contributed by atoms with van der Waals surface area (Å²) in [6, 6.07) is -0.700. The van der Waals surface area contributed by atoms with E-state index < -0.39 is 12.0 Å². The number of hydrogen-bond acceptors (Lipinski definition) is 8. The maximum absolute atomic E-state index is 13.0. The van der Waals surface area contributed by atoms with Crippen molar-refractivity contribution in [3.8, 4) is 0 Å². The van der Waals surface area contributed by atoms with Gasteiger partial charge in [-0.3, -0.25) is 19.2 Å². The highest BCUT2D eigenvalue weighted by molar-refractivity contribution is 5.85. The first-order valence-corrected chi connectivity index (χ1v) is 22.4. The van der Waals surface area contributed by atoms with Crippen LogP contribution in [-0.2, 0) is 28.7 Å². The number of nitrogens with zero attached hydrogens (tertiary/aromatic N) is 1. The van der Waals surface area contributed by atoms with Crippen molar-refractivity contribution in [2.45, 2.75) is 206 Å². The van der Waals surface area contributed by atoms with Crippen LogP contribution in [-0.4, -0.2) is 72.7 Å². The zero-order valence-corrected chi connectivity index (χ0v) is 37.6. The molecule has 0 aliphatic carbocycles. The Kier molecular flexibility index (Phi) is 48.3. The predicted octanol–water partition coefficient (Wildman–Crippen LogP) is 11.0. The second kappa shape index (κ2) is 46.5. The minimum absolute atomic E-state index is 0. The summed E-state index contributed by atoms with van der Waals surface area (Å²) >= 11 is 0. The predicted molar refractivity (Wildman–Crippen MR) is 240 cm³/mol. The Hall–Kier alpha value is -2.14. The summed E-state index contributed by atoms with van der Waals surface area (Å²) in [4.78, 5) is 49.8. The molecule has 1 atom stereocenters. The molecule has 0 aromatic rings. The van der Waals surface area contributed by atoms with Gasteiger partial charge < -0.3 is 30.9 Å². The highest BCUT2D eigenvalue weighted by Gasteiger charge is 2.21. The average Bonchev–Trinajstić information content (AvgIpc) is 3.17. The molecule has 336 valence electrons. The molecule has 1 amide bonds. The molecule has 57 heavy (non-hydrogen) atoms. The van der Waals surface area contributed by atoms with Gasteiger partial charge in [0.1, 0.15) is 13.2 Å². The molecule has 5 N–H and O–H groups in total. The lowest BCUT2D eigenvalue weighted by Gasteiger charge is -2.25. The zero-order chi connectivity index (χ0) is 40.5. The van der Waals surface area contributed by atoms with E-state index in [0.29, 0.717) is 32.2 Å². The maximum Gasteiger partial charge on any atom is 0.305 e. The van der Waals surface area contributed by atoms with Crippen molar-refractivity contribution in [2.24, 2.45) is 11.5 Å². The molecule has 0 saturated heterocycles. The number of halogens is 2. The number of hydrogen-bond donors (Lipinski definition) is 3. The third-order valence-corrected chi connectivity index (χ3v) is 9.92. The quantitative estimate of drug-likeness (QED) is 0.0309. The van der Waals surface area contributed by atoms with Gasteiger partial charge in [-0.05, 0) is 90.0 Å². The van der Waals surface area contributed by atoms with Crippen molar-refractivity contribution in [3.63, 3.8) is 0 Å². The van der Waals surface area contributed by atoms with Gasteiger partial charge in [0.05, 0.1) is 19.1 Å². The zero-order valence-electron chi connectivity index (χ0n) is 36.0. The van der Waals surface area contributed by atoms with E-state index in [1.54, 1.807) is 0 Å². The minimum Gasteiger partial charge on any atom is -0.481 e. The fraction of sp³-hybridized carbons (Fsp3) is 0.822. The number of unbranched alkanes of at least 4 members (excludes halogenated alkanes) is 21. The van der Waals surface area contributed by atoms with E-state index in [1.165, 1.54) is 62.7 Å². The standard InChI is InChI=1S/C45H83N3O7.2ClH/c1-2-3-4-5-6-7-8-9-10-14-17-20-23-26-29-34-43(51)54-39-37-48(45(53)41(47)32-31-36-46)38-40-55-44(52)35-30-27-24-21-18-15-12-11-13-16-19-22-25-28-33-42(49)50;;/h9-12,41H,2-8,13-40,46-47H2,1H3,(H,49,50);2*1H/b10-9-,12-11-;;/t41-;;/m0../s1. The van der Waals surface area contributed by atoms with E-state index >= 15 is 0 Å². The summed E-state index contributed by atoms with van der Waals surface area (Å²) in [6.07, 6.45) is 39.4. The Morgan fingerprint density at radius 1 is 0.544 bits per heavy atom.